The molecule has 8 heteroatoms. The van der Waals surface area contributed by atoms with E-state index in [4.69, 9.17) is 10.2 Å². The normalized spacial score (nSPS) is 15.0. The molecule has 122 valence electrons. The third-order valence-corrected chi connectivity index (χ3v) is 3.81. The van der Waals surface area contributed by atoms with Crippen LogP contribution in [0, 0.1) is 0 Å². The topological polar surface area (TPSA) is 109 Å². The van der Waals surface area contributed by atoms with Crippen molar-refractivity contribution in [1.29, 1.82) is 0 Å². The van der Waals surface area contributed by atoms with Crippen molar-refractivity contribution in [1.82, 2.24) is 15.4 Å². The molecule has 0 atom stereocenters. The Morgan fingerprint density at radius 2 is 2.00 bits per heavy atom. The predicted molar refractivity (Wildman–Crippen MR) is 86.9 cm³/mol. The first-order chi connectivity index (χ1) is 11.3. The van der Waals surface area contributed by atoms with Gasteiger partial charge in [0.15, 0.2) is 17.4 Å². The van der Waals surface area contributed by atoms with Crippen molar-refractivity contribution in [2.45, 2.75) is 25.7 Å². The van der Waals surface area contributed by atoms with Crippen molar-refractivity contribution in [2.75, 3.05) is 29.1 Å². The number of hydrogen-bond acceptors (Lipinski definition) is 7. The Bertz CT molecular complexity index is 650. The number of hydrazine groups is 1. The number of anilines is 3. The Morgan fingerprint density at radius 1 is 1.22 bits per heavy atom. The third kappa shape index (κ3) is 3.53. The highest BCUT2D eigenvalue weighted by atomic mass is 16.3. The van der Waals surface area contributed by atoms with E-state index >= 15 is 0 Å². The second-order valence-corrected chi connectivity index (χ2v) is 5.42. The van der Waals surface area contributed by atoms with Crippen LogP contribution in [0.15, 0.2) is 29.1 Å². The zero-order valence-electron chi connectivity index (χ0n) is 12.8. The van der Waals surface area contributed by atoms with Gasteiger partial charge in [-0.1, -0.05) is 12.8 Å². The third-order valence-electron chi connectivity index (χ3n) is 3.81. The van der Waals surface area contributed by atoms with Crippen LogP contribution in [0.1, 0.15) is 36.2 Å². The Morgan fingerprint density at radius 3 is 2.70 bits per heavy atom. The molecule has 0 bridgehead atoms. The highest BCUT2D eigenvalue weighted by Gasteiger charge is 2.17. The van der Waals surface area contributed by atoms with Gasteiger partial charge in [-0.05, 0) is 25.0 Å². The molecule has 1 aliphatic rings. The molecule has 23 heavy (non-hydrogen) atoms. The van der Waals surface area contributed by atoms with Crippen LogP contribution in [0.4, 0.5) is 17.3 Å². The number of nitrogen functional groups attached to an aromatic ring is 1. The summed E-state index contributed by atoms with van der Waals surface area (Å²) >= 11 is 0. The van der Waals surface area contributed by atoms with E-state index < -0.39 is 5.91 Å². The van der Waals surface area contributed by atoms with Crippen LogP contribution >= 0.6 is 0 Å². The highest BCUT2D eigenvalue weighted by molar-refractivity contribution is 5.92. The monoisotopic (exact) mass is 316 g/mol. The summed E-state index contributed by atoms with van der Waals surface area (Å²) in [6, 6.07) is 3.22. The van der Waals surface area contributed by atoms with Gasteiger partial charge < -0.3 is 15.1 Å². The minimum Gasteiger partial charge on any atom is -0.459 e. The van der Waals surface area contributed by atoms with Gasteiger partial charge in [0.25, 0.3) is 0 Å². The second-order valence-electron chi connectivity index (χ2n) is 5.42. The lowest BCUT2D eigenvalue weighted by Crippen LogP contribution is -2.31. The maximum Gasteiger partial charge on any atom is 0.305 e. The summed E-state index contributed by atoms with van der Waals surface area (Å²) in [7, 11) is 0. The number of rotatable bonds is 4. The van der Waals surface area contributed by atoms with Gasteiger partial charge in [-0.3, -0.25) is 15.6 Å². The number of nitrogens with zero attached hydrogens (tertiary/aromatic N) is 3. The van der Waals surface area contributed by atoms with Crippen LogP contribution in [-0.4, -0.2) is 29.0 Å². The largest absolute Gasteiger partial charge is 0.459 e. The minimum atomic E-state index is -0.399. The van der Waals surface area contributed by atoms with Crippen molar-refractivity contribution in [3.05, 3.63) is 30.5 Å². The van der Waals surface area contributed by atoms with Gasteiger partial charge in [-0.2, -0.15) is 0 Å². The number of carbonyl (C=O) groups is 1. The zero-order valence-corrected chi connectivity index (χ0v) is 12.8. The number of nitrogens with one attached hydrogen (secondary N) is 2. The molecule has 1 fully saturated rings. The van der Waals surface area contributed by atoms with Gasteiger partial charge in [0.05, 0.1) is 6.26 Å². The summed E-state index contributed by atoms with van der Waals surface area (Å²) in [6.07, 6.45) is 7.59. The number of nitrogens with two attached hydrogens (primary N) is 1. The first-order valence-corrected chi connectivity index (χ1v) is 7.71. The van der Waals surface area contributed by atoms with Crippen molar-refractivity contribution in [3.8, 4) is 0 Å². The number of aromatic nitrogens is 2. The van der Waals surface area contributed by atoms with E-state index in [0.29, 0.717) is 17.3 Å². The van der Waals surface area contributed by atoms with E-state index in [2.05, 4.69) is 25.7 Å². The molecule has 4 N–H and O–H groups in total. The molecule has 1 amide bonds. The molecule has 1 aliphatic heterocycles. The quantitative estimate of drug-likeness (QED) is 0.738. The summed E-state index contributed by atoms with van der Waals surface area (Å²) in [5.41, 5.74) is 11.8. The lowest BCUT2D eigenvalue weighted by molar-refractivity contribution is 0.0935. The summed E-state index contributed by atoms with van der Waals surface area (Å²) in [5, 5.41) is 0. The van der Waals surface area contributed by atoms with E-state index in [1.165, 1.54) is 25.4 Å². The summed E-state index contributed by atoms with van der Waals surface area (Å²) < 4.78 is 5.02. The molecule has 0 aliphatic carbocycles. The predicted octanol–water partition coefficient (Wildman–Crippen LogP) is 1.79. The average molecular weight is 316 g/mol. The fraction of sp³-hybridized carbons (Fsp3) is 0.400. The number of carbonyl (C=O) groups excluding carboxylic acids is 1. The van der Waals surface area contributed by atoms with E-state index in [9.17, 15) is 4.79 Å². The van der Waals surface area contributed by atoms with Crippen molar-refractivity contribution in [3.63, 3.8) is 0 Å². The maximum atomic E-state index is 11.9. The number of furan rings is 1. The fourth-order valence-electron chi connectivity index (χ4n) is 2.61. The van der Waals surface area contributed by atoms with Gasteiger partial charge in [-0.15, -0.1) is 0 Å². The van der Waals surface area contributed by atoms with Crippen molar-refractivity contribution >= 4 is 23.2 Å². The Balaban J connectivity index is 1.70. The zero-order chi connectivity index (χ0) is 16.1. The lowest BCUT2D eigenvalue weighted by atomic mass is 10.2. The van der Waals surface area contributed by atoms with Crippen LogP contribution in [0.2, 0.25) is 0 Å². The highest BCUT2D eigenvalue weighted by Crippen LogP contribution is 2.27. The molecular formula is C15H20N6O2. The molecule has 1 saturated heterocycles. The van der Waals surface area contributed by atoms with Gasteiger partial charge in [0.1, 0.15) is 12.0 Å². The molecule has 3 heterocycles. The molecule has 0 saturated carbocycles. The Labute approximate surface area is 134 Å². The van der Waals surface area contributed by atoms with E-state index in [0.717, 1.165) is 25.9 Å². The van der Waals surface area contributed by atoms with E-state index in [-0.39, 0.29) is 5.76 Å². The van der Waals surface area contributed by atoms with Gasteiger partial charge in [-0.25, -0.2) is 9.97 Å². The van der Waals surface area contributed by atoms with Crippen LogP contribution in [-0.2, 0) is 0 Å². The summed E-state index contributed by atoms with van der Waals surface area (Å²) in [4.78, 5) is 22.4. The SMILES string of the molecule is Nc1c(NNC(=O)c2ccco2)ncnc1N1CCCCCC1. The average Bonchev–Trinajstić information content (AvgIpc) is 2.97. The molecule has 3 rings (SSSR count). The van der Waals surface area contributed by atoms with Crippen molar-refractivity contribution < 1.29 is 9.21 Å². The second kappa shape index (κ2) is 6.99. The molecule has 2 aromatic heterocycles. The summed E-state index contributed by atoms with van der Waals surface area (Å²) in [5.74, 6) is 0.887. The summed E-state index contributed by atoms with van der Waals surface area (Å²) in [6.45, 7) is 1.86. The molecule has 0 unspecified atom stereocenters. The lowest BCUT2D eigenvalue weighted by Gasteiger charge is -2.23. The number of amides is 1. The molecule has 0 spiro atoms. The first kappa shape index (κ1) is 15.1. The van der Waals surface area contributed by atoms with Crippen molar-refractivity contribution in [2.24, 2.45) is 0 Å². The first-order valence-electron chi connectivity index (χ1n) is 7.71. The molecule has 0 aromatic carbocycles. The van der Waals surface area contributed by atoms with Crippen LogP contribution in [0.5, 0.6) is 0 Å². The molecular weight excluding hydrogens is 296 g/mol. The van der Waals surface area contributed by atoms with Crippen LogP contribution < -0.4 is 21.5 Å². The Kier molecular flexibility index (Phi) is 4.60. The number of hydrogen-bond donors (Lipinski definition) is 3. The maximum absolute atomic E-state index is 11.9. The van der Waals surface area contributed by atoms with Gasteiger partial charge in [0, 0.05) is 13.1 Å². The van der Waals surface area contributed by atoms with Gasteiger partial charge in [0.2, 0.25) is 0 Å². The minimum absolute atomic E-state index is 0.206. The smallest absolute Gasteiger partial charge is 0.305 e. The molecule has 8 nitrogen and oxygen atoms in total. The van der Waals surface area contributed by atoms with Gasteiger partial charge >= 0.3 is 5.91 Å². The van der Waals surface area contributed by atoms with Crippen LogP contribution in [0.25, 0.3) is 0 Å². The van der Waals surface area contributed by atoms with E-state index in [1.807, 2.05) is 0 Å². The van der Waals surface area contributed by atoms with E-state index in [1.54, 1.807) is 12.1 Å². The van der Waals surface area contributed by atoms with Crippen LogP contribution in [0.3, 0.4) is 0 Å². The molecule has 2 aromatic rings. The Hall–Kier alpha value is -2.77. The fourth-order valence-corrected chi connectivity index (χ4v) is 2.61. The standard InChI is InChI=1S/C15H20N6O2/c16-12-13(19-20-15(22)11-6-5-9-23-11)17-10-18-14(12)21-7-3-1-2-4-8-21/h5-6,9-10H,1-4,7-8,16H2,(H,20,22)(H,17,18,19). The molecule has 0 radical (unpaired) electrons.